The topological polar surface area (TPSA) is 83.9 Å². The first-order valence-electron chi connectivity index (χ1n) is 10.2. The Morgan fingerprint density at radius 3 is 2.68 bits per heavy atom. The maximum Gasteiger partial charge on any atom is 0.418 e. The average Bonchev–Trinajstić information content (AvgIpc) is 2.95. The second-order valence-corrected chi connectivity index (χ2v) is 7.38. The molecule has 0 bridgehead atoms. The number of ether oxygens (including phenoxy) is 1. The predicted octanol–water partition coefficient (Wildman–Crippen LogP) is 4.61. The Hall–Kier alpha value is -4.21. The number of halogens is 3. The third kappa shape index (κ3) is 4.90. The molecule has 2 amide bonds. The van der Waals surface area contributed by atoms with Crippen molar-refractivity contribution in [2.45, 2.75) is 12.6 Å². The molecule has 1 aliphatic heterocycles. The first kappa shape index (κ1) is 23.0. The van der Waals surface area contributed by atoms with Crippen LogP contribution in [-0.4, -0.2) is 36.2 Å². The molecule has 0 saturated carbocycles. The van der Waals surface area contributed by atoms with E-state index in [4.69, 9.17) is 4.74 Å². The van der Waals surface area contributed by atoms with Crippen molar-refractivity contribution in [2.75, 3.05) is 23.9 Å². The highest BCUT2D eigenvalue weighted by molar-refractivity contribution is 6.18. The van der Waals surface area contributed by atoms with Gasteiger partial charge in [0.05, 0.1) is 30.5 Å². The summed E-state index contributed by atoms with van der Waals surface area (Å²) in [5.74, 6) is -0.544. The highest BCUT2D eigenvalue weighted by atomic mass is 19.4. The minimum absolute atomic E-state index is 0.143. The van der Waals surface area contributed by atoms with Gasteiger partial charge in [-0.3, -0.25) is 14.5 Å². The number of hydrogen-bond donors (Lipinski definition) is 1. The number of hydrogen-bond acceptors (Lipinski definition) is 5. The van der Waals surface area contributed by atoms with Crippen LogP contribution in [0.5, 0.6) is 5.75 Å². The minimum Gasteiger partial charge on any atom is -0.497 e. The number of anilines is 2. The van der Waals surface area contributed by atoms with Gasteiger partial charge in [0.1, 0.15) is 18.0 Å². The van der Waals surface area contributed by atoms with E-state index in [-0.39, 0.29) is 12.2 Å². The summed E-state index contributed by atoms with van der Waals surface area (Å²) in [6.45, 7) is -0.532. The molecule has 0 fully saturated rings. The molecule has 10 heteroatoms. The molecular weight excluding hydrogens is 449 g/mol. The Kier molecular flexibility index (Phi) is 6.31. The molecule has 174 valence electrons. The van der Waals surface area contributed by atoms with Crippen LogP contribution in [-0.2, 0) is 15.8 Å². The monoisotopic (exact) mass is 468 g/mol. The number of amides is 2. The molecule has 0 atom stereocenters. The maximum absolute atomic E-state index is 13.3. The number of nitrogens with zero attached hydrogens (tertiary/aromatic N) is 3. The quantitative estimate of drug-likeness (QED) is 0.593. The average molecular weight is 468 g/mol. The van der Waals surface area contributed by atoms with E-state index in [1.54, 1.807) is 36.4 Å². The van der Waals surface area contributed by atoms with Crippen LogP contribution in [0.2, 0.25) is 0 Å². The van der Waals surface area contributed by atoms with Crippen LogP contribution >= 0.6 is 0 Å². The molecule has 0 radical (unpaired) electrons. The number of methoxy groups -OCH3 is 1. The normalized spacial score (nSPS) is 13.6. The van der Waals surface area contributed by atoms with Gasteiger partial charge in [0, 0.05) is 11.8 Å². The molecule has 0 aliphatic carbocycles. The molecule has 7 nitrogen and oxygen atoms in total. The predicted molar refractivity (Wildman–Crippen MR) is 120 cm³/mol. The van der Waals surface area contributed by atoms with E-state index in [1.807, 2.05) is 0 Å². The largest absolute Gasteiger partial charge is 0.497 e. The SMILES string of the molecule is COc1cccc(C2=Nc3cccnc3N(CC(=O)Nc3ccccc3C(F)(F)F)C(=O)C2)c1. The van der Waals surface area contributed by atoms with Crippen molar-refractivity contribution >= 4 is 34.7 Å². The number of rotatable bonds is 5. The summed E-state index contributed by atoms with van der Waals surface area (Å²) >= 11 is 0. The fourth-order valence-corrected chi connectivity index (χ4v) is 3.53. The number of aliphatic imine (C=N–C) groups is 1. The van der Waals surface area contributed by atoms with E-state index >= 15 is 0 Å². The molecule has 2 aromatic carbocycles. The lowest BCUT2D eigenvalue weighted by molar-refractivity contribution is -0.137. The summed E-state index contributed by atoms with van der Waals surface area (Å²) in [4.78, 5) is 35.8. The summed E-state index contributed by atoms with van der Waals surface area (Å²) in [7, 11) is 1.52. The van der Waals surface area contributed by atoms with Gasteiger partial charge in [-0.1, -0.05) is 24.3 Å². The maximum atomic E-state index is 13.3. The fraction of sp³-hybridized carbons (Fsp3) is 0.167. The van der Waals surface area contributed by atoms with Crippen molar-refractivity contribution in [3.8, 4) is 5.75 Å². The van der Waals surface area contributed by atoms with E-state index < -0.39 is 35.8 Å². The molecule has 0 unspecified atom stereocenters. The second kappa shape index (κ2) is 9.34. The number of benzene rings is 2. The first-order chi connectivity index (χ1) is 16.3. The number of alkyl halides is 3. The van der Waals surface area contributed by atoms with Crippen LogP contribution in [0.4, 0.5) is 30.4 Å². The highest BCUT2D eigenvalue weighted by Crippen LogP contribution is 2.35. The van der Waals surface area contributed by atoms with E-state index in [2.05, 4.69) is 15.3 Å². The Balaban J connectivity index is 1.62. The molecule has 1 aliphatic rings. The molecule has 2 heterocycles. The summed E-state index contributed by atoms with van der Waals surface area (Å²) < 4.78 is 45.1. The molecule has 3 aromatic rings. The lowest BCUT2D eigenvalue weighted by Gasteiger charge is -2.21. The van der Waals surface area contributed by atoms with Crippen molar-refractivity contribution in [3.05, 3.63) is 78.0 Å². The number of pyridine rings is 1. The lowest BCUT2D eigenvalue weighted by atomic mass is 10.1. The number of aromatic nitrogens is 1. The van der Waals surface area contributed by atoms with Crippen molar-refractivity contribution < 1.29 is 27.5 Å². The molecule has 0 spiro atoms. The van der Waals surface area contributed by atoms with Crippen molar-refractivity contribution in [2.24, 2.45) is 4.99 Å². The van der Waals surface area contributed by atoms with Crippen molar-refractivity contribution in [1.82, 2.24) is 4.98 Å². The number of carbonyl (C=O) groups is 2. The molecule has 1 N–H and O–H groups in total. The van der Waals surface area contributed by atoms with Crippen LogP contribution in [0.3, 0.4) is 0 Å². The van der Waals surface area contributed by atoms with Crippen LogP contribution in [0.1, 0.15) is 17.5 Å². The van der Waals surface area contributed by atoms with Crippen LogP contribution in [0, 0.1) is 0 Å². The highest BCUT2D eigenvalue weighted by Gasteiger charge is 2.34. The van der Waals surface area contributed by atoms with E-state index in [1.165, 1.54) is 25.4 Å². The zero-order valence-corrected chi connectivity index (χ0v) is 18.0. The lowest BCUT2D eigenvalue weighted by Crippen LogP contribution is -2.39. The third-order valence-electron chi connectivity index (χ3n) is 5.11. The van der Waals surface area contributed by atoms with Gasteiger partial charge in [0.15, 0.2) is 5.82 Å². The summed E-state index contributed by atoms with van der Waals surface area (Å²) in [5.41, 5.74) is 0.0931. The summed E-state index contributed by atoms with van der Waals surface area (Å²) in [5, 5.41) is 2.26. The van der Waals surface area contributed by atoms with Gasteiger partial charge in [0.2, 0.25) is 11.8 Å². The molecule has 0 saturated heterocycles. The smallest absolute Gasteiger partial charge is 0.418 e. The van der Waals surface area contributed by atoms with Crippen LogP contribution in [0.25, 0.3) is 0 Å². The van der Waals surface area contributed by atoms with Gasteiger partial charge in [-0.15, -0.1) is 0 Å². The van der Waals surface area contributed by atoms with Gasteiger partial charge in [0.25, 0.3) is 0 Å². The Bertz CT molecular complexity index is 1270. The van der Waals surface area contributed by atoms with Crippen molar-refractivity contribution in [1.29, 1.82) is 0 Å². The van der Waals surface area contributed by atoms with E-state index in [9.17, 15) is 22.8 Å². The van der Waals surface area contributed by atoms with E-state index in [0.717, 1.165) is 17.0 Å². The van der Waals surface area contributed by atoms with Gasteiger partial charge in [-0.05, 0) is 36.4 Å². The van der Waals surface area contributed by atoms with Crippen LogP contribution < -0.4 is 15.0 Å². The van der Waals surface area contributed by atoms with Gasteiger partial charge >= 0.3 is 6.18 Å². The standard InChI is InChI=1S/C24H19F3N4O3/c1-34-16-7-4-6-15(12-16)20-13-22(33)31(23-19(29-20)10-5-11-28-23)14-21(32)30-18-9-3-2-8-17(18)24(25,26)27/h2-12H,13-14H2,1H3,(H,30,32). The summed E-state index contributed by atoms with van der Waals surface area (Å²) in [6.07, 6.45) is -3.34. The van der Waals surface area contributed by atoms with Crippen LogP contribution in [0.15, 0.2) is 71.9 Å². The zero-order chi connectivity index (χ0) is 24.3. The molecular formula is C24H19F3N4O3. The molecule has 34 heavy (non-hydrogen) atoms. The van der Waals surface area contributed by atoms with Gasteiger partial charge in [-0.25, -0.2) is 9.98 Å². The Morgan fingerprint density at radius 1 is 1.12 bits per heavy atom. The van der Waals surface area contributed by atoms with Crippen molar-refractivity contribution in [3.63, 3.8) is 0 Å². The van der Waals surface area contributed by atoms with E-state index in [0.29, 0.717) is 22.7 Å². The Labute approximate surface area is 192 Å². The number of para-hydroxylation sites is 1. The van der Waals surface area contributed by atoms with Gasteiger partial charge in [-0.2, -0.15) is 13.2 Å². The number of fused-ring (bicyclic) bond motifs is 1. The fourth-order valence-electron chi connectivity index (χ4n) is 3.53. The van der Waals surface area contributed by atoms with Gasteiger partial charge < -0.3 is 10.1 Å². The zero-order valence-electron chi connectivity index (χ0n) is 18.0. The Morgan fingerprint density at radius 2 is 1.91 bits per heavy atom. The number of nitrogens with one attached hydrogen (secondary N) is 1. The first-order valence-corrected chi connectivity index (χ1v) is 10.2. The molecule has 4 rings (SSSR count). The second-order valence-electron chi connectivity index (χ2n) is 7.38. The molecule has 1 aromatic heterocycles. The minimum atomic E-state index is -4.64. The number of carbonyl (C=O) groups excluding carboxylic acids is 2. The third-order valence-corrected chi connectivity index (χ3v) is 5.11. The summed E-state index contributed by atoms with van der Waals surface area (Å²) in [6, 6.07) is 15.0.